The summed E-state index contributed by atoms with van der Waals surface area (Å²) in [6, 6.07) is 7.49. The Morgan fingerprint density at radius 3 is 2.19 bits per heavy atom. The highest BCUT2D eigenvalue weighted by Crippen LogP contribution is 2.23. The number of phenols is 1. The van der Waals surface area contributed by atoms with Crippen molar-refractivity contribution in [3.8, 4) is 5.75 Å². The van der Waals surface area contributed by atoms with Gasteiger partial charge in [-0.2, -0.15) is 0 Å². The molecule has 118 valence electrons. The summed E-state index contributed by atoms with van der Waals surface area (Å²) >= 11 is 0. The SMILES string of the molecule is CC(C)(C)OC(N)=O.N[C@@H]1CNC[C@H]1c1ccc(O)cc1. The molecule has 6 N–H and O–H groups in total. The predicted octanol–water partition coefficient (Wildman–Crippen LogP) is 1.29. The van der Waals surface area contributed by atoms with Gasteiger partial charge in [0.15, 0.2) is 0 Å². The number of hydrogen-bond donors (Lipinski definition) is 4. The standard InChI is InChI=1S/C10H14N2O.C5H11NO2/c11-10-6-12-5-9(10)7-1-3-8(13)4-2-7;1-5(2,3)8-4(6)7/h1-4,9-10,12-13H,5-6,11H2;1-3H3,(H2,6,7)/t9-,10+;/m0./s1. The first-order valence-electron chi connectivity index (χ1n) is 6.92. The zero-order chi connectivity index (χ0) is 16.0. The van der Waals surface area contributed by atoms with Gasteiger partial charge < -0.3 is 26.6 Å². The lowest BCUT2D eigenvalue weighted by Gasteiger charge is -2.16. The van der Waals surface area contributed by atoms with Crippen LogP contribution in [0.3, 0.4) is 0 Å². The second-order valence-corrected chi connectivity index (χ2v) is 6.05. The number of carbonyl (C=O) groups excluding carboxylic acids is 1. The summed E-state index contributed by atoms with van der Waals surface area (Å²) in [6.07, 6.45) is -0.725. The molecule has 1 fully saturated rings. The number of amides is 1. The van der Waals surface area contributed by atoms with E-state index in [1.807, 2.05) is 12.1 Å². The first-order chi connectivity index (χ1) is 9.69. The molecule has 0 unspecified atom stereocenters. The number of carbonyl (C=O) groups is 1. The van der Waals surface area contributed by atoms with E-state index in [1.165, 1.54) is 5.56 Å². The lowest BCUT2D eigenvalue weighted by molar-refractivity contribution is 0.0600. The molecule has 0 spiro atoms. The van der Waals surface area contributed by atoms with Crippen LogP contribution in [0, 0.1) is 0 Å². The Kier molecular flexibility index (Phi) is 5.99. The Morgan fingerprint density at radius 2 is 1.86 bits per heavy atom. The molecule has 1 aliphatic rings. The number of nitrogens with two attached hydrogens (primary N) is 2. The van der Waals surface area contributed by atoms with Gasteiger partial charge >= 0.3 is 6.09 Å². The van der Waals surface area contributed by atoms with Gasteiger partial charge in [0, 0.05) is 25.0 Å². The Labute approximate surface area is 125 Å². The quantitative estimate of drug-likeness (QED) is 0.624. The first kappa shape index (κ1) is 17.3. The topological polar surface area (TPSA) is 111 Å². The summed E-state index contributed by atoms with van der Waals surface area (Å²) in [7, 11) is 0. The summed E-state index contributed by atoms with van der Waals surface area (Å²) < 4.78 is 4.58. The van der Waals surface area contributed by atoms with Crippen molar-refractivity contribution >= 4 is 6.09 Å². The zero-order valence-electron chi connectivity index (χ0n) is 12.8. The molecule has 1 aromatic rings. The fourth-order valence-electron chi connectivity index (χ4n) is 2.09. The molecule has 6 nitrogen and oxygen atoms in total. The average molecular weight is 295 g/mol. The van der Waals surface area contributed by atoms with E-state index >= 15 is 0 Å². The van der Waals surface area contributed by atoms with E-state index in [0.29, 0.717) is 11.7 Å². The fourth-order valence-corrected chi connectivity index (χ4v) is 2.09. The Balaban J connectivity index is 0.000000240. The lowest BCUT2D eigenvalue weighted by atomic mass is 9.95. The van der Waals surface area contributed by atoms with Crippen LogP contribution in [0.15, 0.2) is 24.3 Å². The highest BCUT2D eigenvalue weighted by molar-refractivity contribution is 5.65. The van der Waals surface area contributed by atoms with Crippen molar-refractivity contribution in [3.63, 3.8) is 0 Å². The molecule has 2 rings (SSSR count). The molecule has 1 aliphatic heterocycles. The van der Waals surface area contributed by atoms with Crippen molar-refractivity contribution in [2.24, 2.45) is 11.5 Å². The van der Waals surface area contributed by atoms with Crippen LogP contribution < -0.4 is 16.8 Å². The molecule has 0 aliphatic carbocycles. The molecular weight excluding hydrogens is 270 g/mol. The molecule has 1 aromatic carbocycles. The minimum atomic E-state index is -0.725. The van der Waals surface area contributed by atoms with Crippen molar-refractivity contribution in [1.82, 2.24) is 5.32 Å². The van der Waals surface area contributed by atoms with Gasteiger partial charge in [0.2, 0.25) is 0 Å². The number of hydrogen-bond acceptors (Lipinski definition) is 5. The van der Waals surface area contributed by atoms with E-state index in [2.05, 4.69) is 10.1 Å². The molecular formula is C15H25N3O3. The second kappa shape index (κ2) is 7.28. The lowest BCUT2D eigenvalue weighted by Crippen LogP contribution is -2.27. The molecule has 0 bridgehead atoms. The van der Waals surface area contributed by atoms with Gasteiger partial charge in [0.25, 0.3) is 0 Å². The highest BCUT2D eigenvalue weighted by atomic mass is 16.6. The number of benzene rings is 1. The number of aromatic hydroxyl groups is 1. The normalized spacial score (nSPS) is 21.3. The van der Waals surface area contributed by atoms with Crippen LogP contribution in [-0.4, -0.2) is 35.9 Å². The number of ether oxygens (including phenoxy) is 1. The van der Waals surface area contributed by atoms with Gasteiger partial charge in [-0.05, 0) is 38.5 Å². The molecule has 0 radical (unpaired) electrons. The van der Waals surface area contributed by atoms with Gasteiger partial charge in [-0.1, -0.05) is 12.1 Å². The minimum absolute atomic E-state index is 0.199. The predicted molar refractivity (Wildman–Crippen MR) is 82.1 cm³/mol. The van der Waals surface area contributed by atoms with Gasteiger partial charge in [0.05, 0.1) is 0 Å². The third-order valence-corrected chi connectivity index (χ3v) is 2.99. The zero-order valence-corrected chi connectivity index (χ0v) is 12.8. The van der Waals surface area contributed by atoms with E-state index in [9.17, 15) is 4.79 Å². The van der Waals surface area contributed by atoms with Crippen molar-refractivity contribution in [3.05, 3.63) is 29.8 Å². The largest absolute Gasteiger partial charge is 0.508 e. The van der Waals surface area contributed by atoms with Crippen molar-refractivity contribution in [2.75, 3.05) is 13.1 Å². The molecule has 0 aromatic heterocycles. The molecule has 1 amide bonds. The number of phenolic OH excluding ortho intramolecular Hbond substituents is 1. The van der Waals surface area contributed by atoms with Crippen LogP contribution in [0.5, 0.6) is 5.75 Å². The maximum atomic E-state index is 10.0. The van der Waals surface area contributed by atoms with Crippen LogP contribution >= 0.6 is 0 Å². The monoisotopic (exact) mass is 295 g/mol. The van der Waals surface area contributed by atoms with E-state index in [-0.39, 0.29) is 6.04 Å². The molecule has 1 saturated heterocycles. The van der Waals surface area contributed by atoms with Gasteiger partial charge in [-0.15, -0.1) is 0 Å². The van der Waals surface area contributed by atoms with Crippen LogP contribution in [0.1, 0.15) is 32.3 Å². The fraction of sp³-hybridized carbons (Fsp3) is 0.533. The Morgan fingerprint density at radius 1 is 1.29 bits per heavy atom. The summed E-state index contributed by atoms with van der Waals surface area (Å²) in [5.41, 5.74) is 11.4. The summed E-state index contributed by atoms with van der Waals surface area (Å²) in [5.74, 6) is 0.698. The first-order valence-corrected chi connectivity index (χ1v) is 6.92. The van der Waals surface area contributed by atoms with Crippen molar-refractivity contribution in [1.29, 1.82) is 0 Å². The molecule has 1 heterocycles. The second-order valence-electron chi connectivity index (χ2n) is 6.05. The van der Waals surface area contributed by atoms with Crippen molar-refractivity contribution in [2.45, 2.75) is 38.3 Å². The maximum Gasteiger partial charge on any atom is 0.405 e. The highest BCUT2D eigenvalue weighted by Gasteiger charge is 2.24. The summed E-state index contributed by atoms with van der Waals surface area (Å²) in [5, 5.41) is 12.4. The van der Waals surface area contributed by atoms with E-state index in [1.54, 1.807) is 32.9 Å². The molecule has 21 heavy (non-hydrogen) atoms. The van der Waals surface area contributed by atoms with Gasteiger partial charge in [0.1, 0.15) is 11.4 Å². The van der Waals surface area contributed by atoms with Crippen molar-refractivity contribution < 1.29 is 14.6 Å². The number of nitrogens with one attached hydrogen (secondary N) is 1. The third-order valence-electron chi connectivity index (χ3n) is 2.99. The van der Waals surface area contributed by atoms with E-state index in [4.69, 9.17) is 16.6 Å². The summed E-state index contributed by atoms with van der Waals surface area (Å²) in [6.45, 7) is 7.10. The number of primary amides is 1. The van der Waals surface area contributed by atoms with E-state index < -0.39 is 11.7 Å². The maximum absolute atomic E-state index is 10.0. The van der Waals surface area contributed by atoms with Gasteiger partial charge in [-0.3, -0.25) is 0 Å². The van der Waals surface area contributed by atoms with Crippen LogP contribution in [0.2, 0.25) is 0 Å². The molecule has 6 heteroatoms. The third kappa shape index (κ3) is 6.46. The Bertz CT molecular complexity index is 454. The molecule has 0 saturated carbocycles. The van der Waals surface area contributed by atoms with E-state index in [0.717, 1.165) is 13.1 Å². The smallest absolute Gasteiger partial charge is 0.405 e. The van der Waals surface area contributed by atoms with Gasteiger partial charge in [-0.25, -0.2) is 4.79 Å². The van der Waals surface area contributed by atoms with Crippen LogP contribution in [0.25, 0.3) is 0 Å². The molecule has 2 atom stereocenters. The Hall–Kier alpha value is -1.79. The van der Waals surface area contributed by atoms with Crippen LogP contribution in [-0.2, 0) is 4.74 Å². The van der Waals surface area contributed by atoms with Crippen LogP contribution in [0.4, 0.5) is 4.79 Å². The number of rotatable bonds is 1. The summed E-state index contributed by atoms with van der Waals surface area (Å²) in [4.78, 5) is 10.0. The minimum Gasteiger partial charge on any atom is -0.508 e. The average Bonchev–Trinajstić information content (AvgIpc) is 2.74.